The summed E-state index contributed by atoms with van der Waals surface area (Å²) < 4.78 is 2.17. The summed E-state index contributed by atoms with van der Waals surface area (Å²) in [4.78, 5) is 17.3. The predicted molar refractivity (Wildman–Crippen MR) is 134 cm³/mol. The standard InChI is InChI=1S/C25H22N4O2S2/c30-25(31)19-9-5-4-8-18(19)16-12-10-15(11-13-16)14-29-21-20(23(32)27-28-24(21)33)26-22(29)17-6-2-1-3-7-17/h4-5,8-13,17H,1-3,6-7,14H2,(H,30,31). The van der Waals surface area contributed by atoms with Gasteiger partial charge in [0.05, 0.1) is 5.56 Å². The van der Waals surface area contributed by atoms with Crippen LogP contribution in [0.25, 0.3) is 11.1 Å². The summed E-state index contributed by atoms with van der Waals surface area (Å²) in [6.07, 6.45) is 5.87. The number of hydrogen-bond donors (Lipinski definition) is 1. The first-order chi connectivity index (χ1) is 16.0. The van der Waals surface area contributed by atoms with E-state index < -0.39 is 5.97 Å². The van der Waals surface area contributed by atoms with Gasteiger partial charge in [-0.1, -0.05) is 86.2 Å². The van der Waals surface area contributed by atoms with Gasteiger partial charge in [-0.3, -0.25) is 0 Å². The van der Waals surface area contributed by atoms with E-state index in [0.717, 1.165) is 35.5 Å². The summed E-state index contributed by atoms with van der Waals surface area (Å²) in [6.45, 7) is 0.591. The van der Waals surface area contributed by atoms with Crippen molar-refractivity contribution in [3.05, 3.63) is 76.9 Å². The van der Waals surface area contributed by atoms with Crippen LogP contribution in [0.4, 0.5) is 0 Å². The van der Waals surface area contributed by atoms with Crippen molar-refractivity contribution < 1.29 is 9.90 Å². The summed E-state index contributed by atoms with van der Waals surface area (Å²) >= 11 is 10.9. The highest BCUT2D eigenvalue weighted by molar-refractivity contribution is 7.81. The molecule has 0 saturated heterocycles. The number of hydrogen-bond acceptors (Lipinski definition) is 4. The maximum Gasteiger partial charge on any atom is 0.336 e. The lowest BCUT2D eigenvalue weighted by atomic mass is 9.88. The molecule has 5 rings (SSSR count). The molecule has 0 atom stereocenters. The highest BCUT2D eigenvalue weighted by Crippen LogP contribution is 2.35. The summed E-state index contributed by atoms with van der Waals surface area (Å²) in [5, 5.41) is 17.6. The average Bonchev–Trinajstić information content (AvgIpc) is 3.23. The van der Waals surface area contributed by atoms with Crippen molar-refractivity contribution in [3.8, 4) is 11.1 Å². The molecule has 0 spiro atoms. The Hall–Kier alpha value is -3.10. The van der Waals surface area contributed by atoms with Crippen molar-refractivity contribution in [1.29, 1.82) is 0 Å². The van der Waals surface area contributed by atoms with E-state index in [1.807, 2.05) is 36.4 Å². The molecule has 1 saturated carbocycles. The van der Waals surface area contributed by atoms with Crippen LogP contribution in [0, 0.1) is 0 Å². The van der Waals surface area contributed by atoms with Crippen molar-refractivity contribution in [1.82, 2.24) is 9.55 Å². The van der Waals surface area contributed by atoms with Crippen molar-refractivity contribution in [2.24, 2.45) is 10.2 Å². The van der Waals surface area contributed by atoms with Crippen LogP contribution < -0.4 is 0 Å². The number of imidazole rings is 1. The van der Waals surface area contributed by atoms with Crippen molar-refractivity contribution >= 4 is 40.4 Å². The van der Waals surface area contributed by atoms with Gasteiger partial charge in [-0.05, 0) is 35.6 Å². The van der Waals surface area contributed by atoms with E-state index in [-0.39, 0.29) is 5.56 Å². The molecule has 0 bridgehead atoms. The van der Waals surface area contributed by atoms with Crippen LogP contribution in [0.5, 0.6) is 0 Å². The molecule has 2 heterocycles. The van der Waals surface area contributed by atoms with Crippen molar-refractivity contribution in [2.45, 2.75) is 44.6 Å². The summed E-state index contributed by atoms with van der Waals surface area (Å²) in [7, 11) is 0. The number of thiocarbonyl (C=S) groups is 2. The number of nitrogens with zero attached hydrogens (tertiary/aromatic N) is 4. The highest BCUT2D eigenvalue weighted by Gasteiger charge is 2.30. The average molecular weight is 475 g/mol. The van der Waals surface area contributed by atoms with Crippen LogP contribution in [0.2, 0.25) is 0 Å². The molecule has 1 aliphatic carbocycles. The van der Waals surface area contributed by atoms with Gasteiger partial charge in [0.15, 0.2) is 9.98 Å². The Morgan fingerprint density at radius 3 is 2.39 bits per heavy atom. The van der Waals surface area contributed by atoms with Crippen molar-refractivity contribution in [2.75, 3.05) is 0 Å². The van der Waals surface area contributed by atoms with E-state index >= 15 is 0 Å². The minimum absolute atomic E-state index is 0.290. The lowest BCUT2D eigenvalue weighted by molar-refractivity contribution is 0.0697. The molecule has 33 heavy (non-hydrogen) atoms. The number of aromatic carboxylic acids is 1. The van der Waals surface area contributed by atoms with Gasteiger partial charge < -0.3 is 9.67 Å². The second-order valence-corrected chi connectivity index (χ2v) is 9.22. The summed E-state index contributed by atoms with van der Waals surface area (Å²) in [5.41, 5.74) is 4.37. The van der Waals surface area contributed by atoms with Gasteiger partial charge >= 0.3 is 5.97 Å². The molecule has 3 aromatic rings. The number of azo groups is 1. The second-order valence-electron chi connectivity index (χ2n) is 8.45. The minimum atomic E-state index is -0.935. The number of carboxylic acids is 1. The van der Waals surface area contributed by atoms with E-state index in [9.17, 15) is 9.90 Å². The molecule has 0 radical (unpaired) electrons. The zero-order chi connectivity index (χ0) is 22.9. The Balaban J connectivity index is 1.51. The zero-order valence-electron chi connectivity index (χ0n) is 17.9. The third-order valence-electron chi connectivity index (χ3n) is 6.37. The molecule has 2 aromatic carbocycles. The van der Waals surface area contributed by atoms with Gasteiger partial charge in [0.25, 0.3) is 0 Å². The molecule has 1 aromatic heterocycles. The molecule has 0 unspecified atom stereocenters. The summed E-state index contributed by atoms with van der Waals surface area (Å²) in [6, 6.07) is 15.0. The Bertz CT molecular complexity index is 1290. The van der Waals surface area contributed by atoms with Crippen LogP contribution in [-0.2, 0) is 6.54 Å². The molecule has 0 amide bonds. The monoisotopic (exact) mass is 474 g/mol. The normalized spacial score (nSPS) is 16.1. The molecule has 8 heteroatoms. The third kappa shape index (κ3) is 4.16. The molecule has 6 nitrogen and oxygen atoms in total. The molecule has 2 aliphatic rings. The van der Waals surface area contributed by atoms with Gasteiger partial charge in [0.2, 0.25) is 0 Å². The Labute approximate surface area is 202 Å². The molecule has 1 fully saturated rings. The van der Waals surface area contributed by atoms with E-state index in [2.05, 4.69) is 14.8 Å². The fourth-order valence-electron chi connectivity index (χ4n) is 4.75. The van der Waals surface area contributed by atoms with Crippen LogP contribution in [-0.4, -0.2) is 30.6 Å². The topological polar surface area (TPSA) is 79.8 Å². The van der Waals surface area contributed by atoms with Crippen LogP contribution in [0.1, 0.15) is 71.2 Å². The maximum absolute atomic E-state index is 11.6. The van der Waals surface area contributed by atoms with Crippen LogP contribution >= 0.6 is 24.4 Å². The first kappa shape index (κ1) is 21.7. The number of carbonyl (C=O) groups is 1. The Morgan fingerprint density at radius 1 is 0.970 bits per heavy atom. The smallest absolute Gasteiger partial charge is 0.336 e. The van der Waals surface area contributed by atoms with Gasteiger partial charge in [0.1, 0.15) is 17.2 Å². The van der Waals surface area contributed by atoms with E-state index in [0.29, 0.717) is 33.7 Å². The lowest BCUT2D eigenvalue weighted by Crippen LogP contribution is -2.17. The first-order valence-corrected chi connectivity index (χ1v) is 11.9. The van der Waals surface area contributed by atoms with Gasteiger partial charge in [-0.15, -0.1) is 10.2 Å². The zero-order valence-corrected chi connectivity index (χ0v) is 19.5. The number of benzene rings is 2. The number of carboxylic acid groups (broad SMARTS) is 1. The fourth-order valence-corrected chi connectivity index (χ4v) is 5.18. The fraction of sp³-hybridized carbons (Fsp3) is 0.280. The SMILES string of the molecule is O=C(O)c1ccccc1-c1ccc(Cn2c(C3CCCCC3)nc3c2C(=S)N=NC3=S)cc1. The molecular weight excluding hydrogens is 452 g/mol. The number of rotatable bonds is 5. The minimum Gasteiger partial charge on any atom is -0.478 e. The van der Waals surface area contributed by atoms with E-state index in [4.69, 9.17) is 29.4 Å². The quantitative estimate of drug-likeness (QED) is 0.448. The molecular formula is C25H22N4O2S2. The van der Waals surface area contributed by atoms with E-state index in [1.165, 1.54) is 19.3 Å². The largest absolute Gasteiger partial charge is 0.478 e. The van der Waals surface area contributed by atoms with Crippen molar-refractivity contribution in [3.63, 3.8) is 0 Å². The first-order valence-electron chi connectivity index (χ1n) is 11.1. The van der Waals surface area contributed by atoms with Gasteiger partial charge in [-0.2, -0.15) is 0 Å². The molecule has 1 N–H and O–H groups in total. The molecule has 166 valence electrons. The van der Waals surface area contributed by atoms with Gasteiger partial charge in [0, 0.05) is 12.5 Å². The Morgan fingerprint density at radius 2 is 1.67 bits per heavy atom. The van der Waals surface area contributed by atoms with Gasteiger partial charge in [-0.25, -0.2) is 9.78 Å². The Kier molecular flexibility index (Phi) is 5.95. The number of aromatic nitrogens is 2. The number of fused-ring (bicyclic) bond motifs is 1. The highest BCUT2D eigenvalue weighted by atomic mass is 32.1. The molecule has 1 aliphatic heterocycles. The lowest BCUT2D eigenvalue weighted by Gasteiger charge is -2.23. The van der Waals surface area contributed by atoms with Crippen LogP contribution in [0.3, 0.4) is 0 Å². The maximum atomic E-state index is 11.6. The summed E-state index contributed by atoms with van der Waals surface area (Å²) in [5.74, 6) is 0.448. The third-order valence-corrected chi connectivity index (χ3v) is 6.92. The predicted octanol–water partition coefficient (Wildman–Crippen LogP) is 6.16. The van der Waals surface area contributed by atoms with E-state index in [1.54, 1.807) is 12.1 Å². The second kappa shape index (κ2) is 9.03. The van der Waals surface area contributed by atoms with Crippen LogP contribution in [0.15, 0.2) is 58.8 Å².